The third-order valence-corrected chi connectivity index (χ3v) is 6.73. The van der Waals surface area contributed by atoms with Gasteiger partial charge in [0.15, 0.2) is 0 Å². The molecule has 0 radical (unpaired) electrons. The molecule has 152 valence electrons. The van der Waals surface area contributed by atoms with E-state index < -0.39 is 6.49 Å². The molecule has 0 saturated carbocycles. The fraction of sp³-hybridized carbons (Fsp3) is 0. The maximum atomic E-state index is 10.5. The molecule has 0 amide bonds. The third kappa shape index (κ3) is 5.78. The SMILES string of the molecule is O=C=Nc1ccc(OP(=S)(Oc2ccc(N=C=O)cc2)c2ccc(N=C=O)cc2)cc1. The van der Waals surface area contributed by atoms with Gasteiger partial charge in [-0.2, -0.15) is 15.0 Å². The number of aliphatic imine (C=N–C) groups is 3. The number of carbonyl (C=O) groups excluding carboxylic acids is 3. The Morgan fingerprint density at radius 3 is 1.23 bits per heavy atom. The first kappa shape index (κ1) is 21.8. The van der Waals surface area contributed by atoms with E-state index in [1.165, 1.54) is 18.2 Å². The lowest BCUT2D eigenvalue weighted by molar-refractivity contribution is 0.498. The van der Waals surface area contributed by atoms with Crippen LogP contribution in [0, 0.1) is 0 Å². The number of hydrogen-bond donors (Lipinski definition) is 0. The van der Waals surface area contributed by atoms with Crippen molar-refractivity contribution in [2.75, 3.05) is 0 Å². The average molecular weight is 449 g/mol. The Morgan fingerprint density at radius 1 is 0.581 bits per heavy atom. The van der Waals surface area contributed by atoms with Gasteiger partial charge in [0.25, 0.3) is 0 Å². The molecule has 0 saturated heterocycles. The van der Waals surface area contributed by atoms with Gasteiger partial charge in [-0.3, -0.25) is 0 Å². The van der Waals surface area contributed by atoms with Crippen LogP contribution in [0.3, 0.4) is 0 Å². The Hall–Kier alpha value is -3.95. The van der Waals surface area contributed by atoms with Crippen LogP contribution in [0.25, 0.3) is 0 Å². The van der Waals surface area contributed by atoms with E-state index in [-0.39, 0.29) is 0 Å². The highest BCUT2D eigenvalue weighted by atomic mass is 32.5. The summed E-state index contributed by atoms with van der Waals surface area (Å²) in [4.78, 5) is 41.9. The van der Waals surface area contributed by atoms with Crippen molar-refractivity contribution in [3.8, 4) is 11.5 Å². The Kier molecular flexibility index (Phi) is 7.15. The molecule has 8 nitrogen and oxygen atoms in total. The van der Waals surface area contributed by atoms with E-state index in [2.05, 4.69) is 15.0 Å². The normalized spacial score (nSPS) is 11.6. The second-order valence-electron chi connectivity index (χ2n) is 5.79. The molecule has 0 aliphatic carbocycles. The zero-order valence-corrected chi connectivity index (χ0v) is 17.4. The number of isocyanates is 3. The molecule has 3 rings (SSSR count). The molecular formula is C21H12N3O5PS. The molecule has 10 heteroatoms. The van der Waals surface area contributed by atoms with Gasteiger partial charge in [-0.25, -0.2) is 14.4 Å². The maximum absolute atomic E-state index is 10.5. The quantitative estimate of drug-likeness (QED) is 0.281. The number of nitrogens with zero attached hydrogens (tertiary/aromatic N) is 3. The predicted octanol–water partition coefficient (Wildman–Crippen LogP) is 4.68. The summed E-state index contributed by atoms with van der Waals surface area (Å²) in [5.74, 6) is 0.815. The van der Waals surface area contributed by atoms with Crippen LogP contribution in [-0.4, -0.2) is 18.2 Å². The first-order chi connectivity index (χ1) is 15.1. The van der Waals surface area contributed by atoms with Gasteiger partial charge in [-0.05, 0) is 84.6 Å². The highest BCUT2D eigenvalue weighted by Gasteiger charge is 2.26. The van der Waals surface area contributed by atoms with E-state index >= 15 is 0 Å². The summed E-state index contributed by atoms with van der Waals surface area (Å²) in [6.07, 6.45) is 4.41. The summed E-state index contributed by atoms with van der Waals surface area (Å²) in [5, 5.41) is 0.567. The molecule has 0 aromatic heterocycles. The molecule has 0 fully saturated rings. The molecule has 0 heterocycles. The summed E-state index contributed by atoms with van der Waals surface area (Å²) in [7, 11) is 0. The average Bonchev–Trinajstić information content (AvgIpc) is 2.78. The maximum Gasteiger partial charge on any atom is 0.319 e. The number of hydrogen-bond acceptors (Lipinski definition) is 9. The van der Waals surface area contributed by atoms with Crippen molar-refractivity contribution >= 4 is 58.9 Å². The summed E-state index contributed by atoms with van der Waals surface area (Å²) < 4.78 is 12.1. The van der Waals surface area contributed by atoms with Crippen LogP contribution in [-0.2, 0) is 26.2 Å². The molecule has 0 atom stereocenters. The van der Waals surface area contributed by atoms with Gasteiger partial charge < -0.3 is 9.05 Å². The van der Waals surface area contributed by atoms with Crippen molar-refractivity contribution in [3.05, 3.63) is 72.8 Å². The lowest BCUT2D eigenvalue weighted by atomic mass is 10.3. The third-order valence-electron chi connectivity index (χ3n) is 3.81. The molecule has 3 aromatic rings. The van der Waals surface area contributed by atoms with E-state index in [0.717, 1.165) is 0 Å². The van der Waals surface area contributed by atoms with Crippen LogP contribution < -0.4 is 14.4 Å². The van der Waals surface area contributed by atoms with Crippen LogP contribution in [0.1, 0.15) is 0 Å². The minimum Gasteiger partial charge on any atom is -0.432 e. The second-order valence-corrected chi connectivity index (χ2v) is 9.11. The van der Waals surface area contributed by atoms with Crippen molar-refractivity contribution in [1.29, 1.82) is 0 Å². The first-order valence-electron chi connectivity index (χ1n) is 8.60. The molecular weight excluding hydrogens is 437 g/mol. The minimum absolute atomic E-state index is 0.408. The Labute approximate surface area is 181 Å². The highest BCUT2D eigenvalue weighted by molar-refractivity contribution is 8.13. The van der Waals surface area contributed by atoms with E-state index in [0.29, 0.717) is 33.9 Å². The monoisotopic (exact) mass is 449 g/mol. The van der Waals surface area contributed by atoms with E-state index in [1.54, 1.807) is 72.8 Å². The Morgan fingerprint density at radius 2 is 0.903 bits per heavy atom. The summed E-state index contributed by atoms with van der Waals surface area (Å²) >= 11 is 5.80. The van der Waals surface area contributed by atoms with Crippen molar-refractivity contribution in [2.45, 2.75) is 0 Å². The topological polar surface area (TPSA) is 107 Å². The lowest BCUT2D eigenvalue weighted by Gasteiger charge is -2.24. The summed E-state index contributed by atoms with van der Waals surface area (Å²) in [5.41, 5.74) is 1.24. The standard InChI is InChI=1S/C21H12N3O5PS/c25-13-22-16-1-7-19(8-2-16)28-30(31,21-11-5-18(6-12-21)24-15-27)29-20-9-3-17(4-10-20)23-14-26/h1-12H. The van der Waals surface area contributed by atoms with Crippen LogP contribution in [0.2, 0.25) is 0 Å². The molecule has 0 N–H and O–H groups in total. The number of rotatable bonds is 8. The smallest absolute Gasteiger partial charge is 0.319 e. The summed E-state index contributed by atoms with van der Waals surface area (Å²) in [6, 6.07) is 19.2. The predicted molar refractivity (Wildman–Crippen MR) is 118 cm³/mol. The zero-order chi connectivity index (χ0) is 22.1. The number of benzene rings is 3. The molecule has 0 unspecified atom stereocenters. The largest absolute Gasteiger partial charge is 0.432 e. The minimum atomic E-state index is -3.14. The van der Waals surface area contributed by atoms with Gasteiger partial charge in [-0.1, -0.05) is 0 Å². The van der Waals surface area contributed by atoms with Crippen LogP contribution in [0.4, 0.5) is 17.1 Å². The first-order valence-corrected chi connectivity index (χ1v) is 11.2. The van der Waals surface area contributed by atoms with Gasteiger partial charge in [0.05, 0.1) is 22.4 Å². The van der Waals surface area contributed by atoms with E-state index in [4.69, 9.17) is 20.9 Å². The second kappa shape index (κ2) is 10.2. The molecule has 0 spiro atoms. The Bertz CT molecular complexity index is 1190. The fourth-order valence-electron chi connectivity index (χ4n) is 2.43. The fourth-order valence-corrected chi connectivity index (χ4v) is 4.87. The van der Waals surface area contributed by atoms with Gasteiger partial charge in [0.2, 0.25) is 18.2 Å². The summed E-state index contributed by atoms with van der Waals surface area (Å²) in [6.45, 7) is -3.14. The molecule has 3 aromatic carbocycles. The molecule has 0 bridgehead atoms. The zero-order valence-electron chi connectivity index (χ0n) is 15.7. The Balaban J connectivity index is 1.97. The van der Waals surface area contributed by atoms with Crippen LogP contribution in [0.5, 0.6) is 11.5 Å². The van der Waals surface area contributed by atoms with Crippen LogP contribution in [0.15, 0.2) is 87.8 Å². The lowest BCUT2D eigenvalue weighted by Crippen LogP contribution is -2.14. The van der Waals surface area contributed by atoms with Gasteiger partial charge in [0, 0.05) is 0 Å². The van der Waals surface area contributed by atoms with Crippen molar-refractivity contribution < 1.29 is 23.4 Å². The van der Waals surface area contributed by atoms with Crippen molar-refractivity contribution in [1.82, 2.24) is 0 Å². The van der Waals surface area contributed by atoms with E-state index in [1.807, 2.05) is 0 Å². The van der Waals surface area contributed by atoms with Crippen molar-refractivity contribution in [3.63, 3.8) is 0 Å². The van der Waals surface area contributed by atoms with Gasteiger partial charge in [-0.15, -0.1) is 0 Å². The van der Waals surface area contributed by atoms with Gasteiger partial charge >= 0.3 is 6.49 Å². The molecule has 31 heavy (non-hydrogen) atoms. The molecule has 0 aliphatic rings. The highest BCUT2D eigenvalue weighted by Crippen LogP contribution is 2.48. The van der Waals surface area contributed by atoms with Crippen molar-refractivity contribution in [2.24, 2.45) is 15.0 Å². The van der Waals surface area contributed by atoms with E-state index in [9.17, 15) is 14.4 Å². The van der Waals surface area contributed by atoms with Gasteiger partial charge in [0.1, 0.15) is 11.5 Å². The van der Waals surface area contributed by atoms with Crippen LogP contribution >= 0.6 is 6.49 Å². The molecule has 0 aliphatic heterocycles.